The lowest BCUT2D eigenvalue weighted by Gasteiger charge is -2.32. The predicted molar refractivity (Wildman–Crippen MR) is 63.8 cm³/mol. The Kier molecular flexibility index (Phi) is 3.13. The molecule has 0 amide bonds. The highest BCUT2D eigenvalue weighted by molar-refractivity contribution is 5.71. The first-order chi connectivity index (χ1) is 7.66. The van der Waals surface area contributed by atoms with E-state index < -0.39 is 5.97 Å². The zero-order chi connectivity index (χ0) is 11.5. The van der Waals surface area contributed by atoms with Gasteiger partial charge in [0.25, 0.3) is 0 Å². The monoisotopic (exact) mass is 219 g/mol. The maximum Gasteiger partial charge on any atom is 0.308 e. The number of carbonyl (C=O) groups is 1. The maximum absolute atomic E-state index is 11.0. The summed E-state index contributed by atoms with van der Waals surface area (Å²) in [5.41, 5.74) is 2.36. The van der Waals surface area contributed by atoms with Crippen LogP contribution in [0.2, 0.25) is 0 Å². The summed E-state index contributed by atoms with van der Waals surface area (Å²) >= 11 is 0. The average Bonchev–Trinajstić information content (AvgIpc) is 2.29. The van der Waals surface area contributed by atoms with E-state index in [0.29, 0.717) is 6.54 Å². The summed E-state index contributed by atoms with van der Waals surface area (Å²) in [4.78, 5) is 13.1. The van der Waals surface area contributed by atoms with Crippen LogP contribution in [0.1, 0.15) is 18.4 Å². The molecule has 1 atom stereocenters. The largest absolute Gasteiger partial charge is 0.481 e. The standard InChI is InChI=1S/C13H17NO2/c1-10-4-2-6-12(8-10)14-7-3-5-11(9-14)13(15)16/h2,4,6,8,11H,3,5,7,9H2,1H3,(H,15,16). The zero-order valence-corrected chi connectivity index (χ0v) is 9.52. The van der Waals surface area contributed by atoms with Crippen LogP contribution in [-0.2, 0) is 4.79 Å². The van der Waals surface area contributed by atoms with Crippen molar-refractivity contribution >= 4 is 11.7 Å². The molecule has 1 unspecified atom stereocenters. The lowest BCUT2D eigenvalue weighted by molar-refractivity contribution is -0.141. The van der Waals surface area contributed by atoms with Gasteiger partial charge >= 0.3 is 5.97 Å². The van der Waals surface area contributed by atoms with Crippen LogP contribution in [0.3, 0.4) is 0 Å². The minimum absolute atomic E-state index is 0.214. The second-order valence-electron chi connectivity index (χ2n) is 4.46. The fraction of sp³-hybridized carbons (Fsp3) is 0.462. The minimum atomic E-state index is -0.669. The van der Waals surface area contributed by atoms with Crippen LogP contribution in [0.15, 0.2) is 24.3 Å². The molecular formula is C13H17NO2. The number of hydrogen-bond acceptors (Lipinski definition) is 2. The number of hydrogen-bond donors (Lipinski definition) is 1. The molecule has 16 heavy (non-hydrogen) atoms. The third-order valence-corrected chi connectivity index (χ3v) is 3.14. The van der Waals surface area contributed by atoms with E-state index in [9.17, 15) is 4.79 Å². The molecule has 3 heteroatoms. The van der Waals surface area contributed by atoms with Gasteiger partial charge in [-0.2, -0.15) is 0 Å². The van der Waals surface area contributed by atoms with Crippen LogP contribution < -0.4 is 4.90 Å². The molecule has 0 radical (unpaired) electrons. The molecule has 3 nitrogen and oxygen atoms in total. The van der Waals surface area contributed by atoms with Gasteiger partial charge in [0.2, 0.25) is 0 Å². The van der Waals surface area contributed by atoms with E-state index in [1.165, 1.54) is 5.56 Å². The Labute approximate surface area is 95.7 Å². The molecule has 1 aromatic rings. The number of anilines is 1. The average molecular weight is 219 g/mol. The summed E-state index contributed by atoms with van der Waals surface area (Å²) in [6.45, 7) is 3.66. The van der Waals surface area contributed by atoms with Crippen molar-refractivity contribution in [2.45, 2.75) is 19.8 Å². The molecule has 1 fully saturated rings. The molecule has 0 saturated carbocycles. The molecule has 0 bridgehead atoms. The number of carboxylic acids is 1. The molecular weight excluding hydrogens is 202 g/mol. The Morgan fingerprint density at radius 3 is 3.00 bits per heavy atom. The lowest BCUT2D eigenvalue weighted by atomic mass is 9.97. The van der Waals surface area contributed by atoms with E-state index in [0.717, 1.165) is 25.1 Å². The summed E-state index contributed by atoms with van der Waals surface area (Å²) in [5.74, 6) is -0.883. The van der Waals surface area contributed by atoms with Crippen molar-refractivity contribution in [2.75, 3.05) is 18.0 Å². The van der Waals surface area contributed by atoms with Gasteiger partial charge in [-0.25, -0.2) is 0 Å². The maximum atomic E-state index is 11.0. The van der Waals surface area contributed by atoms with E-state index >= 15 is 0 Å². The highest BCUT2D eigenvalue weighted by atomic mass is 16.4. The Morgan fingerprint density at radius 1 is 1.50 bits per heavy atom. The van der Waals surface area contributed by atoms with Gasteiger partial charge in [-0.05, 0) is 37.5 Å². The van der Waals surface area contributed by atoms with Gasteiger partial charge < -0.3 is 10.0 Å². The molecule has 1 heterocycles. The molecule has 1 aliphatic rings. The molecule has 1 N–H and O–H groups in total. The SMILES string of the molecule is Cc1cccc(N2CCCC(C(=O)O)C2)c1. The Hall–Kier alpha value is -1.51. The minimum Gasteiger partial charge on any atom is -0.481 e. The van der Waals surface area contributed by atoms with Crippen molar-refractivity contribution in [1.82, 2.24) is 0 Å². The number of piperidine rings is 1. The molecule has 86 valence electrons. The quantitative estimate of drug-likeness (QED) is 0.829. The van der Waals surface area contributed by atoms with E-state index in [1.54, 1.807) is 0 Å². The summed E-state index contributed by atoms with van der Waals surface area (Å²) in [6, 6.07) is 8.25. The Balaban J connectivity index is 2.12. The van der Waals surface area contributed by atoms with Crippen LogP contribution in [-0.4, -0.2) is 24.2 Å². The van der Waals surface area contributed by atoms with Gasteiger partial charge in [-0.15, -0.1) is 0 Å². The van der Waals surface area contributed by atoms with Gasteiger partial charge in [0.05, 0.1) is 5.92 Å². The topological polar surface area (TPSA) is 40.5 Å². The van der Waals surface area contributed by atoms with Crippen molar-refractivity contribution in [3.8, 4) is 0 Å². The number of rotatable bonds is 2. The molecule has 0 spiro atoms. The highest BCUT2D eigenvalue weighted by Gasteiger charge is 2.25. The third kappa shape index (κ3) is 2.35. The molecule has 1 saturated heterocycles. The zero-order valence-electron chi connectivity index (χ0n) is 9.52. The van der Waals surface area contributed by atoms with Gasteiger partial charge in [0.1, 0.15) is 0 Å². The Morgan fingerprint density at radius 2 is 2.31 bits per heavy atom. The highest BCUT2D eigenvalue weighted by Crippen LogP contribution is 2.23. The number of benzene rings is 1. The fourth-order valence-corrected chi connectivity index (χ4v) is 2.24. The molecule has 0 aromatic heterocycles. The first-order valence-corrected chi connectivity index (χ1v) is 5.71. The molecule has 2 rings (SSSR count). The van der Waals surface area contributed by atoms with Gasteiger partial charge in [0.15, 0.2) is 0 Å². The number of nitrogens with zero attached hydrogens (tertiary/aromatic N) is 1. The predicted octanol–water partition coefficient (Wildman–Crippen LogP) is 2.30. The number of carboxylic acid groups (broad SMARTS) is 1. The Bertz CT molecular complexity index is 389. The third-order valence-electron chi connectivity index (χ3n) is 3.14. The smallest absolute Gasteiger partial charge is 0.308 e. The fourth-order valence-electron chi connectivity index (χ4n) is 2.24. The van der Waals surface area contributed by atoms with Crippen LogP contribution in [0.4, 0.5) is 5.69 Å². The summed E-state index contributed by atoms with van der Waals surface area (Å²) in [6.07, 6.45) is 1.77. The van der Waals surface area contributed by atoms with Crippen LogP contribution in [0.25, 0.3) is 0 Å². The van der Waals surface area contributed by atoms with Gasteiger partial charge in [-0.3, -0.25) is 4.79 Å². The van der Waals surface area contributed by atoms with Crippen LogP contribution in [0, 0.1) is 12.8 Å². The lowest BCUT2D eigenvalue weighted by Crippen LogP contribution is -2.38. The van der Waals surface area contributed by atoms with E-state index in [4.69, 9.17) is 5.11 Å². The second kappa shape index (κ2) is 4.56. The van der Waals surface area contributed by atoms with E-state index in [1.807, 2.05) is 6.07 Å². The van der Waals surface area contributed by atoms with Crippen molar-refractivity contribution in [3.05, 3.63) is 29.8 Å². The first-order valence-electron chi connectivity index (χ1n) is 5.71. The van der Waals surface area contributed by atoms with Gasteiger partial charge in [0, 0.05) is 18.8 Å². The van der Waals surface area contributed by atoms with Gasteiger partial charge in [-0.1, -0.05) is 12.1 Å². The molecule has 0 aliphatic carbocycles. The number of aliphatic carboxylic acids is 1. The summed E-state index contributed by atoms with van der Waals surface area (Å²) < 4.78 is 0. The van der Waals surface area contributed by atoms with E-state index in [2.05, 4.69) is 30.0 Å². The van der Waals surface area contributed by atoms with Crippen LogP contribution >= 0.6 is 0 Å². The van der Waals surface area contributed by atoms with E-state index in [-0.39, 0.29) is 5.92 Å². The second-order valence-corrected chi connectivity index (χ2v) is 4.46. The van der Waals surface area contributed by atoms with Crippen molar-refractivity contribution in [3.63, 3.8) is 0 Å². The van der Waals surface area contributed by atoms with Crippen molar-refractivity contribution in [1.29, 1.82) is 0 Å². The van der Waals surface area contributed by atoms with Crippen molar-refractivity contribution in [2.24, 2.45) is 5.92 Å². The summed E-state index contributed by atoms with van der Waals surface area (Å²) in [5, 5.41) is 9.03. The normalized spacial score (nSPS) is 20.8. The van der Waals surface area contributed by atoms with Crippen LogP contribution in [0.5, 0.6) is 0 Å². The van der Waals surface area contributed by atoms with Crippen molar-refractivity contribution < 1.29 is 9.90 Å². The first kappa shape index (κ1) is 11.0. The molecule has 1 aliphatic heterocycles. The number of aryl methyl sites for hydroxylation is 1. The summed E-state index contributed by atoms with van der Waals surface area (Å²) in [7, 11) is 0. The molecule has 1 aromatic carbocycles.